The molecule has 5 nitrogen and oxygen atoms in total. The van der Waals surface area contributed by atoms with Crippen LogP contribution >= 0.6 is 0 Å². The number of ether oxygens (including phenoxy) is 3. The Bertz CT molecular complexity index is 369. The lowest BCUT2D eigenvalue weighted by atomic mass is 10.0. The molecule has 0 saturated carbocycles. The molecule has 1 aromatic carbocycles. The zero-order valence-corrected chi connectivity index (χ0v) is 10.9. The van der Waals surface area contributed by atoms with Crippen LogP contribution in [0.3, 0.4) is 0 Å². The molecule has 106 valence electrons. The Morgan fingerprint density at radius 3 is 2.68 bits per heavy atom. The molecule has 0 radical (unpaired) electrons. The molecule has 2 rings (SSSR count). The highest BCUT2D eigenvalue weighted by atomic mass is 16.7. The molecule has 1 saturated heterocycles. The summed E-state index contributed by atoms with van der Waals surface area (Å²) in [5.74, 6) is 0. The van der Waals surface area contributed by atoms with Gasteiger partial charge in [0.05, 0.1) is 25.4 Å². The molecule has 0 bridgehead atoms. The van der Waals surface area contributed by atoms with Gasteiger partial charge in [-0.2, -0.15) is 0 Å². The quantitative estimate of drug-likeness (QED) is 0.822. The van der Waals surface area contributed by atoms with Gasteiger partial charge in [-0.25, -0.2) is 0 Å². The highest BCUT2D eigenvalue weighted by molar-refractivity contribution is 5.13. The minimum atomic E-state index is -1.00. The van der Waals surface area contributed by atoms with E-state index < -0.39 is 18.5 Å². The van der Waals surface area contributed by atoms with E-state index in [0.717, 1.165) is 5.56 Å². The SMILES string of the molecule is CO[C@H]1O[C@H](COCc2ccccc2)C[C@H](O)[C@@H]1O. The second-order valence-electron chi connectivity index (χ2n) is 4.66. The van der Waals surface area contributed by atoms with Crippen LogP contribution in [-0.4, -0.2) is 48.5 Å². The van der Waals surface area contributed by atoms with Gasteiger partial charge in [-0.15, -0.1) is 0 Å². The summed E-state index contributed by atoms with van der Waals surface area (Å²) in [4.78, 5) is 0. The first-order valence-electron chi connectivity index (χ1n) is 6.36. The van der Waals surface area contributed by atoms with Crippen molar-refractivity contribution in [2.45, 2.75) is 37.6 Å². The minimum absolute atomic E-state index is 0.271. The van der Waals surface area contributed by atoms with Crippen molar-refractivity contribution in [2.75, 3.05) is 13.7 Å². The Morgan fingerprint density at radius 1 is 1.26 bits per heavy atom. The van der Waals surface area contributed by atoms with E-state index in [1.54, 1.807) is 0 Å². The summed E-state index contributed by atoms with van der Waals surface area (Å²) in [6.07, 6.45) is -2.57. The number of hydrogen-bond donors (Lipinski definition) is 2. The molecule has 1 aromatic rings. The van der Waals surface area contributed by atoms with Crippen molar-refractivity contribution in [1.82, 2.24) is 0 Å². The molecule has 0 amide bonds. The molecule has 0 aliphatic carbocycles. The van der Waals surface area contributed by atoms with Gasteiger partial charge in [0, 0.05) is 13.5 Å². The number of methoxy groups -OCH3 is 1. The van der Waals surface area contributed by atoms with Crippen LogP contribution in [0.4, 0.5) is 0 Å². The van der Waals surface area contributed by atoms with Crippen molar-refractivity contribution in [2.24, 2.45) is 0 Å². The van der Waals surface area contributed by atoms with Crippen LogP contribution in [0.5, 0.6) is 0 Å². The maximum absolute atomic E-state index is 9.70. The summed E-state index contributed by atoms with van der Waals surface area (Å²) in [7, 11) is 1.44. The Hall–Kier alpha value is -0.980. The molecule has 0 spiro atoms. The zero-order valence-electron chi connectivity index (χ0n) is 10.9. The van der Waals surface area contributed by atoms with E-state index in [4.69, 9.17) is 14.2 Å². The molecule has 0 aromatic heterocycles. The highest BCUT2D eigenvalue weighted by Gasteiger charge is 2.36. The Kier molecular flexibility index (Phi) is 5.30. The van der Waals surface area contributed by atoms with E-state index >= 15 is 0 Å². The van der Waals surface area contributed by atoms with E-state index in [1.165, 1.54) is 7.11 Å². The number of rotatable bonds is 5. The predicted molar refractivity (Wildman–Crippen MR) is 68.4 cm³/mol. The predicted octanol–water partition coefficient (Wildman–Crippen LogP) is 0.686. The van der Waals surface area contributed by atoms with Crippen molar-refractivity contribution < 1.29 is 24.4 Å². The lowest BCUT2D eigenvalue weighted by Gasteiger charge is -2.36. The largest absolute Gasteiger partial charge is 0.390 e. The molecule has 5 heteroatoms. The average molecular weight is 268 g/mol. The van der Waals surface area contributed by atoms with Crippen LogP contribution in [0.2, 0.25) is 0 Å². The van der Waals surface area contributed by atoms with Crippen LogP contribution in [-0.2, 0) is 20.8 Å². The summed E-state index contributed by atoms with van der Waals surface area (Å²) in [5.41, 5.74) is 1.09. The number of hydrogen-bond acceptors (Lipinski definition) is 5. The standard InChI is InChI=1S/C14H20O5/c1-17-14-13(16)12(15)7-11(19-14)9-18-8-10-5-3-2-4-6-10/h2-6,11-16H,7-9H2,1H3/t11-,12-,13-,14-/m0/s1. The van der Waals surface area contributed by atoms with E-state index in [2.05, 4.69) is 0 Å². The maximum Gasteiger partial charge on any atom is 0.186 e. The summed E-state index contributed by atoms with van der Waals surface area (Å²) >= 11 is 0. The molecule has 0 unspecified atom stereocenters. The van der Waals surface area contributed by atoms with Crippen LogP contribution in [0.1, 0.15) is 12.0 Å². The summed E-state index contributed by atoms with van der Waals surface area (Å²) < 4.78 is 16.0. The van der Waals surface area contributed by atoms with E-state index in [-0.39, 0.29) is 6.10 Å². The molecule has 1 aliphatic rings. The van der Waals surface area contributed by atoms with Gasteiger partial charge in [0.2, 0.25) is 0 Å². The molecule has 2 N–H and O–H groups in total. The first kappa shape index (κ1) is 14.4. The maximum atomic E-state index is 9.70. The molecular weight excluding hydrogens is 248 g/mol. The second kappa shape index (κ2) is 6.98. The van der Waals surface area contributed by atoms with Gasteiger partial charge in [0.25, 0.3) is 0 Å². The third-order valence-corrected chi connectivity index (χ3v) is 3.15. The van der Waals surface area contributed by atoms with Gasteiger partial charge in [-0.05, 0) is 5.56 Å². The molecular formula is C14H20O5. The van der Waals surface area contributed by atoms with E-state index in [9.17, 15) is 10.2 Å². The monoisotopic (exact) mass is 268 g/mol. The normalized spacial score (nSPS) is 31.3. The summed E-state index contributed by atoms with van der Waals surface area (Å²) in [6.45, 7) is 0.857. The Morgan fingerprint density at radius 2 is 2.00 bits per heavy atom. The van der Waals surface area contributed by atoms with Crippen molar-refractivity contribution >= 4 is 0 Å². The topological polar surface area (TPSA) is 68.2 Å². The summed E-state index contributed by atoms with van der Waals surface area (Å²) in [6, 6.07) is 9.83. The van der Waals surface area contributed by atoms with Crippen molar-refractivity contribution in [3.8, 4) is 0 Å². The first-order chi connectivity index (χ1) is 9.20. The number of aliphatic hydroxyl groups excluding tert-OH is 2. The molecule has 4 atom stereocenters. The number of benzene rings is 1. The second-order valence-corrected chi connectivity index (χ2v) is 4.66. The van der Waals surface area contributed by atoms with E-state index in [1.807, 2.05) is 30.3 Å². The summed E-state index contributed by atoms with van der Waals surface area (Å²) in [5, 5.41) is 19.3. The van der Waals surface area contributed by atoms with Crippen LogP contribution < -0.4 is 0 Å². The fourth-order valence-electron chi connectivity index (χ4n) is 2.10. The van der Waals surface area contributed by atoms with Gasteiger partial charge >= 0.3 is 0 Å². The smallest absolute Gasteiger partial charge is 0.186 e. The van der Waals surface area contributed by atoms with Gasteiger partial charge in [-0.1, -0.05) is 30.3 Å². The highest BCUT2D eigenvalue weighted by Crippen LogP contribution is 2.21. The van der Waals surface area contributed by atoms with Crippen molar-refractivity contribution in [3.63, 3.8) is 0 Å². The average Bonchev–Trinajstić information content (AvgIpc) is 2.43. The third kappa shape index (κ3) is 3.99. The van der Waals surface area contributed by atoms with Gasteiger partial charge < -0.3 is 24.4 Å². The Labute approximate surface area is 112 Å². The molecule has 1 aliphatic heterocycles. The lowest BCUT2D eigenvalue weighted by molar-refractivity contribution is -0.264. The molecule has 1 heterocycles. The lowest BCUT2D eigenvalue weighted by Crippen LogP contribution is -2.50. The van der Waals surface area contributed by atoms with Crippen LogP contribution in [0.15, 0.2) is 30.3 Å². The molecule has 19 heavy (non-hydrogen) atoms. The zero-order chi connectivity index (χ0) is 13.7. The third-order valence-electron chi connectivity index (χ3n) is 3.15. The Balaban J connectivity index is 1.77. The fourth-order valence-corrected chi connectivity index (χ4v) is 2.10. The fraction of sp³-hybridized carbons (Fsp3) is 0.571. The van der Waals surface area contributed by atoms with Gasteiger partial charge in [0.1, 0.15) is 6.10 Å². The van der Waals surface area contributed by atoms with Crippen LogP contribution in [0, 0.1) is 0 Å². The van der Waals surface area contributed by atoms with Gasteiger partial charge in [-0.3, -0.25) is 0 Å². The minimum Gasteiger partial charge on any atom is -0.390 e. The van der Waals surface area contributed by atoms with E-state index in [0.29, 0.717) is 19.6 Å². The molecule has 1 fully saturated rings. The van der Waals surface area contributed by atoms with Gasteiger partial charge in [0.15, 0.2) is 6.29 Å². The van der Waals surface area contributed by atoms with Crippen LogP contribution in [0.25, 0.3) is 0 Å². The number of aliphatic hydroxyl groups is 2. The van der Waals surface area contributed by atoms with Crippen molar-refractivity contribution in [1.29, 1.82) is 0 Å². The first-order valence-corrected chi connectivity index (χ1v) is 6.36. The van der Waals surface area contributed by atoms with Crippen molar-refractivity contribution in [3.05, 3.63) is 35.9 Å².